The Morgan fingerprint density at radius 1 is 1.26 bits per heavy atom. The molecule has 0 aliphatic carbocycles. The van der Waals surface area contributed by atoms with Gasteiger partial charge in [0, 0.05) is 17.1 Å². The molecule has 3 rings (SSSR count). The van der Waals surface area contributed by atoms with Gasteiger partial charge >= 0.3 is 5.97 Å². The van der Waals surface area contributed by atoms with Crippen molar-refractivity contribution >= 4 is 28.6 Å². The minimum atomic E-state index is -1.05. The summed E-state index contributed by atoms with van der Waals surface area (Å²) in [5, 5.41) is 16.6. The number of ether oxygens (including phenoxy) is 1. The zero-order valence-corrected chi connectivity index (χ0v) is 15.3. The third-order valence-corrected chi connectivity index (χ3v) is 3.97. The van der Waals surface area contributed by atoms with Crippen molar-refractivity contribution < 1.29 is 19.4 Å². The highest BCUT2D eigenvalue weighted by atomic mass is 16.5. The van der Waals surface area contributed by atoms with E-state index in [4.69, 9.17) is 9.84 Å². The van der Waals surface area contributed by atoms with Crippen LogP contribution < -0.4 is 10.1 Å². The molecule has 0 spiro atoms. The number of aromatic nitrogens is 3. The molecule has 0 bridgehead atoms. The number of rotatable bonds is 6. The Balaban J connectivity index is 1.78. The van der Waals surface area contributed by atoms with Crippen LogP contribution in [0.3, 0.4) is 0 Å². The maximum Gasteiger partial charge on any atom is 0.341 e. The molecule has 0 radical (unpaired) electrons. The fourth-order valence-corrected chi connectivity index (χ4v) is 2.65. The number of hydrogen-bond acceptors (Lipinski definition) is 5. The molecular formula is C19H20N4O4. The number of pyridine rings is 1. The maximum absolute atomic E-state index is 12.6. The average molecular weight is 368 g/mol. The van der Waals surface area contributed by atoms with Gasteiger partial charge in [0.05, 0.1) is 17.5 Å². The van der Waals surface area contributed by atoms with Crippen molar-refractivity contribution in [1.29, 1.82) is 0 Å². The van der Waals surface area contributed by atoms with Crippen LogP contribution in [-0.2, 0) is 4.79 Å². The molecule has 27 heavy (non-hydrogen) atoms. The van der Waals surface area contributed by atoms with E-state index >= 15 is 0 Å². The topological polar surface area (TPSA) is 106 Å². The van der Waals surface area contributed by atoms with E-state index in [9.17, 15) is 9.59 Å². The van der Waals surface area contributed by atoms with Crippen LogP contribution in [0.25, 0.3) is 11.0 Å². The quantitative estimate of drug-likeness (QED) is 0.693. The van der Waals surface area contributed by atoms with Crippen LogP contribution in [0.1, 0.15) is 35.9 Å². The second kappa shape index (κ2) is 7.45. The first-order valence-electron chi connectivity index (χ1n) is 8.46. The predicted molar refractivity (Wildman–Crippen MR) is 100 cm³/mol. The van der Waals surface area contributed by atoms with Gasteiger partial charge in [0.1, 0.15) is 5.75 Å². The number of nitrogens with zero attached hydrogens (tertiary/aromatic N) is 3. The van der Waals surface area contributed by atoms with Crippen LogP contribution in [0, 0.1) is 6.92 Å². The van der Waals surface area contributed by atoms with Gasteiger partial charge < -0.3 is 15.2 Å². The molecule has 0 unspecified atom stereocenters. The normalized spacial score (nSPS) is 11.0. The lowest BCUT2D eigenvalue weighted by molar-refractivity contribution is -0.139. The molecule has 0 saturated heterocycles. The van der Waals surface area contributed by atoms with Gasteiger partial charge in [-0.05, 0) is 51.1 Å². The molecule has 1 amide bonds. The Labute approximate surface area is 155 Å². The first kappa shape index (κ1) is 18.4. The number of amides is 1. The number of anilines is 1. The first-order chi connectivity index (χ1) is 12.8. The maximum atomic E-state index is 12.6. The monoisotopic (exact) mass is 368 g/mol. The highest BCUT2D eigenvalue weighted by Gasteiger charge is 2.15. The second-order valence-electron chi connectivity index (χ2n) is 6.38. The summed E-state index contributed by atoms with van der Waals surface area (Å²) in [5.41, 5.74) is 2.40. The van der Waals surface area contributed by atoms with Gasteiger partial charge in [0.2, 0.25) is 0 Å². The summed E-state index contributed by atoms with van der Waals surface area (Å²) in [6.07, 6.45) is 1.70. The smallest absolute Gasteiger partial charge is 0.341 e. The molecule has 3 aromatic rings. The largest absolute Gasteiger partial charge is 0.482 e. The minimum Gasteiger partial charge on any atom is -0.482 e. The molecule has 2 heterocycles. The number of carbonyl (C=O) groups excluding carboxylic acids is 1. The van der Waals surface area contributed by atoms with Gasteiger partial charge in [-0.2, -0.15) is 5.10 Å². The zero-order chi connectivity index (χ0) is 19.6. The molecule has 0 aliphatic rings. The van der Waals surface area contributed by atoms with E-state index in [1.807, 2.05) is 18.5 Å². The van der Waals surface area contributed by atoms with Crippen molar-refractivity contribution in [3.63, 3.8) is 0 Å². The highest BCUT2D eigenvalue weighted by molar-refractivity contribution is 6.06. The molecule has 8 heteroatoms. The number of carboxylic acid groups (broad SMARTS) is 1. The van der Waals surface area contributed by atoms with Crippen molar-refractivity contribution in [3.05, 3.63) is 47.8 Å². The predicted octanol–water partition coefficient (Wildman–Crippen LogP) is 3.04. The number of carbonyl (C=O) groups is 2. The Kier molecular flexibility index (Phi) is 5.07. The molecule has 8 nitrogen and oxygen atoms in total. The highest BCUT2D eigenvalue weighted by Crippen LogP contribution is 2.21. The lowest BCUT2D eigenvalue weighted by atomic mass is 10.1. The van der Waals surface area contributed by atoms with Crippen LogP contribution in [0.4, 0.5) is 5.69 Å². The molecule has 1 aromatic carbocycles. The summed E-state index contributed by atoms with van der Waals surface area (Å²) < 4.78 is 6.89. The van der Waals surface area contributed by atoms with Crippen molar-refractivity contribution in [3.8, 4) is 5.75 Å². The lowest BCUT2D eigenvalue weighted by Gasteiger charge is -2.10. The Morgan fingerprint density at radius 2 is 1.96 bits per heavy atom. The van der Waals surface area contributed by atoms with Gasteiger partial charge in [-0.3, -0.25) is 4.79 Å². The summed E-state index contributed by atoms with van der Waals surface area (Å²) in [7, 11) is 0. The summed E-state index contributed by atoms with van der Waals surface area (Å²) in [6, 6.07) is 8.44. The van der Waals surface area contributed by atoms with E-state index < -0.39 is 12.6 Å². The number of benzene rings is 1. The summed E-state index contributed by atoms with van der Waals surface area (Å²) in [6.45, 7) is 5.41. The summed E-state index contributed by atoms with van der Waals surface area (Å²) in [4.78, 5) is 27.7. The zero-order valence-electron chi connectivity index (χ0n) is 15.3. The molecule has 0 saturated carbocycles. The Hall–Kier alpha value is -3.42. The van der Waals surface area contributed by atoms with E-state index in [0.29, 0.717) is 22.7 Å². The first-order valence-corrected chi connectivity index (χ1v) is 8.46. The van der Waals surface area contributed by atoms with Crippen LogP contribution in [0.2, 0.25) is 0 Å². The average Bonchev–Trinajstić information content (AvgIpc) is 3.03. The van der Waals surface area contributed by atoms with E-state index in [2.05, 4.69) is 15.4 Å². The van der Waals surface area contributed by atoms with Gasteiger partial charge in [0.15, 0.2) is 12.3 Å². The van der Waals surface area contributed by atoms with Crippen LogP contribution in [0.5, 0.6) is 5.75 Å². The Morgan fingerprint density at radius 3 is 2.59 bits per heavy atom. The van der Waals surface area contributed by atoms with Crippen LogP contribution in [-0.4, -0.2) is 38.4 Å². The van der Waals surface area contributed by atoms with Crippen molar-refractivity contribution in [2.75, 3.05) is 11.9 Å². The van der Waals surface area contributed by atoms with Crippen molar-refractivity contribution in [1.82, 2.24) is 14.8 Å². The van der Waals surface area contributed by atoms with E-state index in [-0.39, 0.29) is 11.9 Å². The Bertz CT molecular complexity index is 993. The van der Waals surface area contributed by atoms with Crippen LogP contribution >= 0.6 is 0 Å². The standard InChI is InChI=1S/C19H20N4O4/c1-11(2)23-18-13(9-20-23)8-16(12(3)21-18)19(26)22-14-4-6-15(7-5-14)27-10-17(24)25/h4-9,11H,10H2,1-3H3,(H,22,26)(H,24,25). The molecular weight excluding hydrogens is 348 g/mol. The fourth-order valence-electron chi connectivity index (χ4n) is 2.65. The number of nitrogens with one attached hydrogen (secondary N) is 1. The minimum absolute atomic E-state index is 0.177. The number of carboxylic acids is 1. The molecule has 0 fully saturated rings. The van der Waals surface area contributed by atoms with Gasteiger partial charge in [-0.25, -0.2) is 14.5 Å². The summed E-state index contributed by atoms with van der Waals surface area (Å²) in [5.74, 6) is -0.916. The second-order valence-corrected chi connectivity index (χ2v) is 6.38. The van der Waals surface area contributed by atoms with Gasteiger partial charge in [-0.1, -0.05) is 0 Å². The third-order valence-electron chi connectivity index (χ3n) is 3.97. The van der Waals surface area contributed by atoms with Crippen LogP contribution in [0.15, 0.2) is 36.5 Å². The third kappa shape index (κ3) is 4.05. The molecule has 140 valence electrons. The van der Waals surface area contributed by atoms with E-state index in [0.717, 1.165) is 11.0 Å². The number of hydrogen-bond donors (Lipinski definition) is 2. The van der Waals surface area contributed by atoms with Gasteiger partial charge in [-0.15, -0.1) is 0 Å². The van der Waals surface area contributed by atoms with Gasteiger partial charge in [0.25, 0.3) is 5.91 Å². The molecule has 2 N–H and O–H groups in total. The fraction of sp³-hybridized carbons (Fsp3) is 0.263. The summed E-state index contributed by atoms with van der Waals surface area (Å²) >= 11 is 0. The van der Waals surface area contributed by atoms with E-state index in [1.165, 1.54) is 0 Å². The number of fused-ring (bicyclic) bond motifs is 1. The van der Waals surface area contributed by atoms with Crippen molar-refractivity contribution in [2.24, 2.45) is 0 Å². The number of aryl methyl sites for hydroxylation is 1. The molecule has 0 aliphatic heterocycles. The SMILES string of the molecule is Cc1nc2c(cnn2C(C)C)cc1C(=O)Nc1ccc(OCC(=O)O)cc1. The molecule has 0 atom stereocenters. The van der Waals surface area contributed by atoms with E-state index in [1.54, 1.807) is 43.5 Å². The lowest BCUT2D eigenvalue weighted by Crippen LogP contribution is -2.14. The van der Waals surface area contributed by atoms with Crippen molar-refractivity contribution in [2.45, 2.75) is 26.8 Å². The molecule has 2 aromatic heterocycles. The number of aliphatic carboxylic acids is 1.